The van der Waals surface area contributed by atoms with Gasteiger partial charge in [-0.3, -0.25) is 4.79 Å². The van der Waals surface area contributed by atoms with Crippen LogP contribution < -0.4 is 4.74 Å². The van der Waals surface area contributed by atoms with Gasteiger partial charge in [-0.05, 0) is 42.7 Å². The largest absolute Gasteiger partial charge is 0.497 e. The van der Waals surface area contributed by atoms with Crippen molar-refractivity contribution in [1.82, 2.24) is 4.90 Å². The minimum atomic E-state index is -0.612. The Bertz CT molecular complexity index is 980. The first kappa shape index (κ1) is 25.3. The minimum absolute atomic E-state index is 0.00856. The Kier molecular flexibility index (Phi) is 8.31. The van der Waals surface area contributed by atoms with Crippen LogP contribution >= 0.6 is 0 Å². The summed E-state index contributed by atoms with van der Waals surface area (Å²) < 4.78 is 16.5. The molecule has 0 bridgehead atoms. The van der Waals surface area contributed by atoms with Gasteiger partial charge < -0.3 is 19.1 Å². The molecule has 1 aliphatic rings. The zero-order chi connectivity index (χ0) is 24.7. The highest BCUT2D eigenvalue weighted by molar-refractivity contribution is 5.90. The van der Waals surface area contributed by atoms with Crippen LogP contribution in [0.5, 0.6) is 5.75 Å². The maximum atomic E-state index is 13.0. The molecule has 1 amide bonds. The summed E-state index contributed by atoms with van der Waals surface area (Å²) in [5.41, 5.74) is 0.671. The lowest BCUT2D eigenvalue weighted by Gasteiger charge is -2.40. The van der Waals surface area contributed by atoms with Crippen LogP contribution in [0, 0.1) is 5.41 Å². The fourth-order valence-corrected chi connectivity index (χ4v) is 3.86. The van der Waals surface area contributed by atoms with Gasteiger partial charge in [-0.1, -0.05) is 51.1 Å². The number of rotatable bonds is 7. The zero-order valence-electron chi connectivity index (χ0n) is 20.3. The van der Waals surface area contributed by atoms with E-state index < -0.39 is 29.6 Å². The van der Waals surface area contributed by atoms with Crippen molar-refractivity contribution in [3.8, 4) is 5.75 Å². The number of piperidine rings is 1. The Morgan fingerprint density at radius 1 is 1.00 bits per heavy atom. The van der Waals surface area contributed by atoms with E-state index in [1.807, 2.05) is 51.1 Å². The van der Waals surface area contributed by atoms with E-state index >= 15 is 0 Å². The van der Waals surface area contributed by atoms with E-state index in [9.17, 15) is 14.4 Å². The molecule has 0 spiro atoms. The molecule has 0 radical (unpaired) electrons. The van der Waals surface area contributed by atoms with Crippen molar-refractivity contribution in [2.75, 3.05) is 13.7 Å². The number of esters is 1. The van der Waals surface area contributed by atoms with E-state index in [-0.39, 0.29) is 18.8 Å². The van der Waals surface area contributed by atoms with Crippen molar-refractivity contribution in [2.24, 2.45) is 5.41 Å². The zero-order valence-corrected chi connectivity index (χ0v) is 20.3. The number of carbonyl (C=O) groups excluding carboxylic acids is 3. The first-order valence-corrected chi connectivity index (χ1v) is 11.5. The topological polar surface area (TPSA) is 82.1 Å². The second kappa shape index (κ2) is 11.2. The van der Waals surface area contributed by atoms with Gasteiger partial charge in [-0.25, -0.2) is 9.59 Å². The Hall–Kier alpha value is -3.35. The van der Waals surface area contributed by atoms with Gasteiger partial charge >= 0.3 is 12.1 Å². The van der Waals surface area contributed by atoms with Crippen LogP contribution in [0.2, 0.25) is 0 Å². The van der Waals surface area contributed by atoms with Crippen molar-refractivity contribution in [2.45, 2.75) is 58.8 Å². The molecule has 0 aliphatic carbocycles. The molecule has 0 saturated carbocycles. The Balaban J connectivity index is 1.76. The molecule has 182 valence electrons. The van der Waals surface area contributed by atoms with Crippen molar-refractivity contribution >= 4 is 17.8 Å². The number of benzene rings is 2. The molecule has 3 rings (SSSR count). The number of amides is 1. The van der Waals surface area contributed by atoms with Gasteiger partial charge in [-0.15, -0.1) is 0 Å². The number of hydrogen-bond donors (Lipinski definition) is 0. The number of carbonyl (C=O) groups is 3. The number of ketones is 1. The molecule has 7 heteroatoms. The van der Waals surface area contributed by atoms with E-state index in [0.717, 1.165) is 5.56 Å². The molecule has 34 heavy (non-hydrogen) atoms. The summed E-state index contributed by atoms with van der Waals surface area (Å²) in [4.78, 5) is 40.3. The molecule has 1 fully saturated rings. The fraction of sp³-hybridized carbons (Fsp3) is 0.444. The molecule has 2 atom stereocenters. The van der Waals surface area contributed by atoms with E-state index in [4.69, 9.17) is 14.2 Å². The van der Waals surface area contributed by atoms with Crippen LogP contribution in [0.15, 0.2) is 54.6 Å². The summed E-state index contributed by atoms with van der Waals surface area (Å²) in [5.74, 6) is 0.126. The maximum Gasteiger partial charge on any atom is 0.410 e. The van der Waals surface area contributed by atoms with E-state index in [1.54, 1.807) is 36.3 Å². The third-order valence-electron chi connectivity index (χ3n) is 5.97. The number of methoxy groups -OCH3 is 1. The number of Topliss-reactive ketones (excluding diaryl/α,β-unsaturated/α-hetero) is 1. The maximum absolute atomic E-state index is 13.0. The summed E-state index contributed by atoms with van der Waals surface area (Å²) in [6, 6.07) is 15.4. The van der Waals surface area contributed by atoms with Crippen LogP contribution in [-0.4, -0.2) is 48.5 Å². The Morgan fingerprint density at radius 3 is 2.29 bits per heavy atom. The molecule has 1 heterocycles. The number of hydrogen-bond acceptors (Lipinski definition) is 6. The first-order chi connectivity index (χ1) is 16.2. The van der Waals surface area contributed by atoms with Gasteiger partial charge in [0.1, 0.15) is 24.2 Å². The molecule has 1 saturated heterocycles. The quantitative estimate of drug-likeness (QED) is 0.532. The smallest absolute Gasteiger partial charge is 0.410 e. The van der Waals surface area contributed by atoms with Gasteiger partial charge in [0, 0.05) is 18.4 Å². The van der Waals surface area contributed by atoms with Crippen molar-refractivity contribution in [1.29, 1.82) is 0 Å². The first-order valence-electron chi connectivity index (χ1n) is 11.5. The molecule has 0 unspecified atom stereocenters. The molecule has 1 aliphatic heterocycles. The van der Waals surface area contributed by atoms with Crippen LogP contribution in [-0.2, 0) is 20.9 Å². The predicted octanol–water partition coefficient (Wildman–Crippen LogP) is 5.03. The second-order valence-corrected chi connectivity index (χ2v) is 9.49. The van der Waals surface area contributed by atoms with Gasteiger partial charge in [-0.2, -0.15) is 0 Å². The number of likely N-dealkylation sites (tertiary alicyclic amines) is 1. The predicted molar refractivity (Wildman–Crippen MR) is 128 cm³/mol. The monoisotopic (exact) mass is 467 g/mol. The minimum Gasteiger partial charge on any atom is -0.497 e. The second-order valence-electron chi connectivity index (χ2n) is 9.49. The molecular weight excluding hydrogens is 434 g/mol. The molecule has 7 nitrogen and oxygen atoms in total. The normalized spacial score (nSPS) is 18.2. The molecular formula is C27H33NO6. The lowest BCUT2D eigenvalue weighted by molar-refractivity contribution is -0.129. The standard InChI is InChI=1S/C27H33NO6/c1-27(2,3)24(29)17-22-23(34-25(30)20-12-14-21(32-4)15-13-20)11-8-16-28(22)26(31)33-18-19-9-6-5-7-10-19/h5-7,9-10,12-15,22-23H,8,11,16-18H2,1-4H3/t22-,23+/m1/s1. The van der Waals surface area contributed by atoms with Crippen LogP contribution in [0.3, 0.4) is 0 Å². The highest BCUT2D eigenvalue weighted by Gasteiger charge is 2.40. The SMILES string of the molecule is COc1ccc(C(=O)O[C@H]2CCCN(C(=O)OCc3ccccc3)[C@@H]2CC(=O)C(C)(C)C)cc1. The Labute approximate surface area is 201 Å². The summed E-state index contributed by atoms with van der Waals surface area (Å²) in [6.07, 6.45) is 0.165. The van der Waals surface area contributed by atoms with E-state index in [0.29, 0.717) is 30.7 Å². The van der Waals surface area contributed by atoms with Crippen LogP contribution in [0.25, 0.3) is 0 Å². The summed E-state index contributed by atoms with van der Waals surface area (Å²) >= 11 is 0. The summed E-state index contributed by atoms with van der Waals surface area (Å²) in [7, 11) is 1.55. The third-order valence-corrected chi connectivity index (χ3v) is 5.97. The number of nitrogens with zero attached hydrogens (tertiary/aromatic N) is 1. The average Bonchev–Trinajstić information content (AvgIpc) is 2.83. The Morgan fingerprint density at radius 2 is 1.68 bits per heavy atom. The van der Waals surface area contributed by atoms with Crippen LogP contribution in [0.4, 0.5) is 4.79 Å². The van der Waals surface area contributed by atoms with Crippen LogP contribution in [0.1, 0.15) is 56.0 Å². The molecule has 0 N–H and O–H groups in total. The van der Waals surface area contributed by atoms with Crippen molar-refractivity contribution < 1.29 is 28.6 Å². The molecule has 2 aromatic rings. The highest BCUT2D eigenvalue weighted by Crippen LogP contribution is 2.29. The summed E-state index contributed by atoms with van der Waals surface area (Å²) in [5, 5.41) is 0. The van der Waals surface area contributed by atoms with Gasteiger partial charge in [0.2, 0.25) is 0 Å². The average molecular weight is 468 g/mol. The summed E-state index contributed by atoms with van der Waals surface area (Å²) in [6.45, 7) is 6.09. The van der Waals surface area contributed by atoms with E-state index in [1.165, 1.54) is 0 Å². The molecule has 0 aromatic heterocycles. The van der Waals surface area contributed by atoms with Crippen molar-refractivity contribution in [3.05, 3.63) is 65.7 Å². The van der Waals surface area contributed by atoms with Crippen molar-refractivity contribution in [3.63, 3.8) is 0 Å². The fourth-order valence-electron chi connectivity index (χ4n) is 3.86. The lowest BCUT2D eigenvalue weighted by Crippen LogP contribution is -2.54. The van der Waals surface area contributed by atoms with Gasteiger partial charge in [0.15, 0.2) is 0 Å². The number of ether oxygens (including phenoxy) is 3. The van der Waals surface area contributed by atoms with Gasteiger partial charge in [0.05, 0.1) is 18.7 Å². The highest BCUT2D eigenvalue weighted by atomic mass is 16.6. The lowest BCUT2D eigenvalue weighted by atomic mass is 9.84. The third kappa shape index (κ3) is 6.59. The van der Waals surface area contributed by atoms with Gasteiger partial charge in [0.25, 0.3) is 0 Å². The van der Waals surface area contributed by atoms with E-state index in [2.05, 4.69) is 0 Å². The molecule has 2 aromatic carbocycles.